The monoisotopic (exact) mass is 404 g/mol. The van der Waals surface area contributed by atoms with E-state index in [2.05, 4.69) is 10.4 Å². The van der Waals surface area contributed by atoms with Crippen LogP contribution in [0.15, 0.2) is 41.4 Å². The smallest absolute Gasteiger partial charge is 0.256 e. The number of sulfonamides is 1. The van der Waals surface area contributed by atoms with Gasteiger partial charge in [-0.15, -0.1) is 0 Å². The van der Waals surface area contributed by atoms with E-state index in [1.807, 2.05) is 13.8 Å². The fourth-order valence-corrected chi connectivity index (χ4v) is 5.08. The van der Waals surface area contributed by atoms with Crippen LogP contribution in [0.25, 0.3) is 0 Å². The third kappa shape index (κ3) is 4.28. The van der Waals surface area contributed by atoms with Gasteiger partial charge in [0.1, 0.15) is 5.82 Å². The number of nitrogens with one attached hydrogen (secondary N) is 1. The van der Waals surface area contributed by atoms with Gasteiger partial charge in [-0.05, 0) is 44.9 Å². The van der Waals surface area contributed by atoms with Crippen LogP contribution in [0.4, 0.5) is 5.82 Å². The Morgan fingerprint density at radius 2 is 1.93 bits per heavy atom. The lowest BCUT2D eigenvalue weighted by atomic mass is 9.96. The largest absolute Gasteiger partial charge is 0.307 e. The third-order valence-electron chi connectivity index (χ3n) is 5.26. The normalized spacial score (nSPS) is 15.9. The Kier molecular flexibility index (Phi) is 6.20. The van der Waals surface area contributed by atoms with Crippen molar-refractivity contribution in [2.75, 3.05) is 12.4 Å². The standard InChI is InChI=1S/C20H28N4O3S/c1-15(2)24-19(12-13-21-24)22-20(25)16-8-7-11-18(14-16)28(26,27)23(3)17-9-5-4-6-10-17/h7-8,11-15,17H,4-6,9-10H2,1-3H3,(H,22,25). The number of hydrogen-bond donors (Lipinski definition) is 1. The Hall–Kier alpha value is -2.19. The van der Waals surface area contributed by atoms with E-state index in [0.717, 1.165) is 32.1 Å². The molecule has 8 heteroatoms. The molecule has 0 atom stereocenters. The zero-order valence-corrected chi connectivity index (χ0v) is 17.4. The Labute approximate surface area is 166 Å². The van der Waals surface area contributed by atoms with Gasteiger partial charge in [-0.25, -0.2) is 13.1 Å². The summed E-state index contributed by atoms with van der Waals surface area (Å²) in [5.41, 5.74) is 0.301. The molecule has 7 nitrogen and oxygen atoms in total. The Bertz CT molecular complexity index is 930. The number of carbonyl (C=O) groups excluding carboxylic acids is 1. The average Bonchev–Trinajstić information content (AvgIpc) is 3.16. The van der Waals surface area contributed by atoms with Crippen molar-refractivity contribution in [2.45, 2.75) is 62.9 Å². The molecule has 2 aromatic rings. The number of nitrogens with zero attached hydrogens (tertiary/aromatic N) is 3. The Balaban J connectivity index is 1.81. The van der Waals surface area contributed by atoms with Crippen LogP contribution in [0.5, 0.6) is 0 Å². The van der Waals surface area contributed by atoms with Crippen LogP contribution in [-0.2, 0) is 10.0 Å². The molecule has 1 aromatic heterocycles. The number of hydrogen-bond acceptors (Lipinski definition) is 4. The average molecular weight is 405 g/mol. The van der Waals surface area contributed by atoms with Crippen molar-refractivity contribution in [1.29, 1.82) is 0 Å². The molecule has 1 amide bonds. The number of carbonyl (C=O) groups is 1. The van der Waals surface area contributed by atoms with Gasteiger partial charge < -0.3 is 5.32 Å². The molecule has 0 bridgehead atoms. The molecule has 152 valence electrons. The van der Waals surface area contributed by atoms with Crippen LogP contribution in [0.3, 0.4) is 0 Å². The zero-order valence-electron chi connectivity index (χ0n) is 16.6. The van der Waals surface area contributed by atoms with Gasteiger partial charge in [0.25, 0.3) is 5.91 Å². The molecule has 0 saturated heterocycles. The van der Waals surface area contributed by atoms with E-state index < -0.39 is 10.0 Å². The maximum absolute atomic E-state index is 13.0. The van der Waals surface area contributed by atoms with Gasteiger partial charge in [-0.3, -0.25) is 4.79 Å². The second-order valence-corrected chi connectivity index (χ2v) is 9.55. The van der Waals surface area contributed by atoms with Crippen molar-refractivity contribution in [1.82, 2.24) is 14.1 Å². The van der Waals surface area contributed by atoms with Gasteiger partial charge in [-0.2, -0.15) is 9.40 Å². The topological polar surface area (TPSA) is 84.3 Å². The maximum Gasteiger partial charge on any atom is 0.256 e. The lowest BCUT2D eigenvalue weighted by Crippen LogP contribution is -2.38. The van der Waals surface area contributed by atoms with E-state index in [1.165, 1.54) is 10.4 Å². The molecule has 1 fully saturated rings. The predicted molar refractivity (Wildman–Crippen MR) is 109 cm³/mol. The second kappa shape index (κ2) is 8.45. The summed E-state index contributed by atoms with van der Waals surface area (Å²) in [7, 11) is -2.00. The number of aromatic nitrogens is 2. The summed E-state index contributed by atoms with van der Waals surface area (Å²) in [6, 6.07) is 8.05. The summed E-state index contributed by atoms with van der Waals surface area (Å²) in [6.07, 6.45) is 6.65. The summed E-state index contributed by atoms with van der Waals surface area (Å²) in [4.78, 5) is 12.8. The van der Waals surface area contributed by atoms with Gasteiger partial charge in [0.2, 0.25) is 10.0 Å². The minimum Gasteiger partial charge on any atom is -0.307 e. The molecule has 0 aliphatic heterocycles. The minimum atomic E-state index is -3.64. The van der Waals surface area contributed by atoms with Crippen molar-refractivity contribution in [3.05, 3.63) is 42.1 Å². The molecule has 0 radical (unpaired) electrons. The minimum absolute atomic E-state index is 0.0247. The Morgan fingerprint density at radius 1 is 1.21 bits per heavy atom. The predicted octanol–water partition coefficient (Wildman–Crippen LogP) is 3.67. The molecular weight excluding hydrogens is 376 g/mol. The van der Waals surface area contributed by atoms with Crippen molar-refractivity contribution < 1.29 is 13.2 Å². The van der Waals surface area contributed by atoms with E-state index in [9.17, 15) is 13.2 Å². The quantitative estimate of drug-likeness (QED) is 0.796. The zero-order chi connectivity index (χ0) is 20.3. The summed E-state index contributed by atoms with van der Waals surface area (Å²) >= 11 is 0. The van der Waals surface area contributed by atoms with Crippen molar-refractivity contribution in [3.8, 4) is 0 Å². The molecule has 0 unspecified atom stereocenters. The van der Waals surface area contributed by atoms with Gasteiger partial charge in [-0.1, -0.05) is 25.3 Å². The molecule has 1 N–H and O–H groups in total. The second-order valence-electron chi connectivity index (χ2n) is 7.55. The van der Waals surface area contributed by atoms with Gasteiger partial charge in [0.05, 0.1) is 11.1 Å². The highest BCUT2D eigenvalue weighted by atomic mass is 32.2. The first-order valence-corrected chi connectivity index (χ1v) is 11.2. The van der Waals surface area contributed by atoms with Crippen LogP contribution in [-0.4, -0.2) is 41.5 Å². The summed E-state index contributed by atoms with van der Waals surface area (Å²) < 4.78 is 29.3. The van der Waals surface area contributed by atoms with E-state index in [-0.39, 0.29) is 22.9 Å². The van der Waals surface area contributed by atoms with E-state index in [0.29, 0.717) is 11.4 Å². The Morgan fingerprint density at radius 3 is 2.61 bits per heavy atom. The lowest BCUT2D eigenvalue weighted by Gasteiger charge is -2.30. The number of anilines is 1. The molecule has 0 spiro atoms. The molecule has 1 saturated carbocycles. The van der Waals surface area contributed by atoms with E-state index in [4.69, 9.17) is 0 Å². The van der Waals surface area contributed by atoms with Crippen LogP contribution in [0.1, 0.15) is 62.4 Å². The SMILES string of the molecule is CC(C)n1nccc1NC(=O)c1cccc(S(=O)(=O)N(C)C2CCCCC2)c1. The van der Waals surface area contributed by atoms with Crippen molar-refractivity contribution >= 4 is 21.7 Å². The van der Waals surface area contributed by atoms with Crippen LogP contribution in [0.2, 0.25) is 0 Å². The first-order chi connectivity index (χ1) is 13.3. The highest BCUT2D eigenvalue weighted by Gasteiger charge is 2.29. The van der Waals surface area contributed by atoms with Crippen LogP contribution >= 0.6 is 0 Å². The van der Waals surface area contributed by atoms with Gasteiger partial charge in [0.15, 0.2) is 0 Å². The van der Waals surface area contributed by atoms with E-state index >= 15 is 0 Å². The molecule has 1 aliphatic carbocycles. The number of benzene rings is 1. The van der Waals surface area contributed by atoms with Crippen molar-refractivity contribution in [3.63, 3.8) is 0 Å². The first kappa shape index (κ1) is 20.5. The fourth-order valence-electron chi connectivity index (χ4n) is 3.62. The summed E-state index contributed by atoms with van der Waals surface area (Å²) in [5, 5.41) is 7.01. The molecule has 1 aliphatic rings. The number of rotatable bonds is 6. The van der Waals surface area contributed by atoms with Crippen LogP contribution < -0.4 is 5.32 Å². The highest BCUT2D eigenvalue weighted by molar-refractivity contribution is 7.89. The number of amides is 1. The third-order valence-corrected chi connectivity index (χ3v) is 7.17. The van der Waals surface area contributed by atoms with Gasteiger partial charge >= 0.3 is 0 Å². The molecule has 3 rings (SSSR count). The molecule has 1 aromatic carbocycles. The highest BCUT2D eigenvalue weighted by Crippen LogP contribution is 2.27. The fraction of sp³-hybridized carbons (Fsp3) is 0.500. The summed E-state index contributed by atoms with van der Waals surface area (Å²) in [6.45, 7) is 3.94. The lowest BCUT2D eigenvalue weighted by molar-refractivity contribution is 0.102. The van der Waals surface area contributed by atoms with Gasteiger partial charge in [0, 0.05) is 30.8 Å². The van der Waals surface area contributed by atoms with Crippen molar-refractivity contribution in [2.24, 2.45) is 0 Å². The van der Waals surface area contributed by atoms with E-state index in [1.54, 1.807) is 42.2 Å². The molecule has 1 heterocycles. The first-order valence-electron chi connectivity index (χ1n) is 9.73. The summed E-state index contributed by atoms with van der Waals surface area (Å²) in [5.74, 6) is 0.215. The maximum atomic E-state index is 13.0. The van der Waals surface area contributed by atoms with Crippen LogP contribution in [0, 0.1) is 0 Å². The molecular formula is C20H28N4O3S. The molecule has 28 heavy (non-hydrogen) atoms.